The van der Waals surface area contributed by atoms with Crippen molar-refractivity contribution in [1.82, 2.24) is 4.98 Å². The summed E-state index contributed by atoms with van der Waals surface area (Å²) in [6.45, 7) is 11.7. The predicted octanol–water partition coefficient (Wildman–Crippen LogP) is 13.2. The number of aryl methyl sites for hydroxylation is 1. The topological polar surface area (TPSA) is 26.0 Å². The lowest BCUT2D eigenvalue weighted by molar-refractivity contribution is 0.0948. The van der Waals surface area contributed by atoms with Gasteiger partial charge in [0.25, 0.3) is 0 Å². The molecule has 2 heterocycles. The zero-order valence-electron chi connectivity index (χ0n) is 31.9. The van der Waals surface area contributed by atoms with Crippen LogP contribution in [0.15, 0.2) is 126 Å². The third kappa shape index (κ3) is 4.10. The highest BCUT2D eigenvalue weighted by Gasteiger charge is 2.52. The maximum Gasteiger partial charge on any atom is 0.144 e. The van der Waals surface area contributed by atoms with E-state index < -0.39 is 6.85 Å². The molecule has 0 fully saturated rings. The molecule has 9 rings (SSSR count). The van der Waals surface area contributed by atoms with Crippen molar-refractivity contribution in [2.45, 2.75) is 59.2 Å². The average molecular weight is 639 g/mol. The molecule has 1 aliphatic rings. The number of furan rings is 1. The standard InChI is InChI=1S/C47H41NO/c1-28-27-48-42(36-17-12-16-35-39-23-30-20-19-29-13-8-9-14-32(29)38(30)26-43(39)49-44(35)36)25-37(28)31-21-22-34-33-15-10-11-18-40(33)45(2,3)47(6,7)46(4,5)41(34)24-31/h8-27H,1-7H3/i1D3. The normalized spacial score (nSPS) is 17.3. The van der Waals surface area contributed by atoms with Gasteiger partial charge in [-0.2, -0.15) is 0 Å². The number of para-hydroxylation sites is 1. The summed E-state index contributed by atoms with van der Waals surface area (Å²) in [7, 11) is 0. The maximum absolute atomic E-state index is 8.56. The number of nitrogens with zero attached hydrogens (tertiary/aromatic N) is 1. The molecule has 0 bridgehead atoms. The Labute approximate surface area is 292 Å². The largest absolute Gasteiger partial charge is 0.455 e. The summed E-state index contributed by atoms with van der Waals surface area (Å²) in [5.74, 6) is 0. The fourth-order valence-electron chi connectivity index (χ4n) is 8.52. The van der Waals surface area contributed by atoms with Crippen molar-refractivity contribution < 1.29 is 8.53 Å². The first kappa shape index (κ1) is 26.7. The van der Waals surface area contributed by atoms with Gasteiger partial charge in [0.2, 0.25) is 0 Å². The summed E-state index contributed by atoms with van der Waals surface area (Å²) in [4.78, 5) is 4.80. The molecule has 2 heteroatoms. The fourth-order valence-corrected chi connectivity index (χ4v) is 8.52. The molecule has 0 amide bonds. The number of rotatable bonds is 2. The zero-order valence-corrected chi connectivity index (χ0v) is 28.9. The van der Waals surface area contributed by atoms with E-state index in [0.717, 1.165) is 43.8 Å². The van der Waals surface area contributed by atoms with E-state index in [0.29, 0.717) is 11.3 Å². The Morgan fingerprint density at radius 3 is 2.12 bits per heavy atom. The lowest BCUT2D eigenvalue weighted by Gasteiger charge is -2.51. The van der Waals surface area contributed by atoms with Crippen molar-refractivity contribution in [3.63, 3.8) is 0 Å². The van der Waals surface area contributed by atoms with E-state index in [9.17, 15) is 0 Å². The molecule has 8 aromatic rings. The van der Waals surface area contributed by atoms with Gasteiger partial charge in [0.15, 0.2) is 0 Å². The van der Waals surface area contributed by atoms with Crippen LogP contribution in [0, 0.1) is 12.3 Å². The maximum atomic E-state index is 8.56. The van der Waals surface area contributed by atoms with E-state index >= 15 is 0 Å². The van der Waals surface area contributed by atoms with Gasteiger partial charge in [-0.3, -0.25) is 4.98 Å². The Morgan fingerprint density at radius 2 is 1.27 bits per heavy atom. The zero-order chi connectivity index (χ0) is 36.4. The van der Waals surface area contributed by atoms with E-state index in [1.54, 1.807) is 6.20 Å². The van der Waals surface area contributed by atoms with E-state index in [-0.39, 0.29) is 21.8 Å². The molecule has 2 nitrogen and oxygen atoms in total. The molecule has 0 spiro atoms. The van der Waals surface area contributed by atoms with Crippen molar-refractivity contribution in [1.29, 1.82) is 0 Å². The highest BCUT2D eigenvalue weighted by Crippen LogP contribution is 2.59. The molecule has 6 aromatic carbocycles. The molecule has 2 aromatic heterocycles. The first-order chi connectivity index (χ1) is 24.7. The van der Waals surface area contributed by atoms with Crippen molar-refractivity contribution in [3.05, 3.63) is 138 Å². The predicted molar refractivity (Wildman–Crippen MR) is 207 cm³/mol. The molecular formula is C47H41NO. The molecule has 0 aliphatic heterocycles. The molecule has 0 unspecified atom stereocenters. The lowest BCUT2D eigenvalue weighted by Crippen LogP contribution is -2.48. The van der Waals surface area contributed by atoms with Crippen molar-refractivity contribution in [2.24, 2.45) is 5.41 Å². The molecule has 0 saturated heterocycles. The van der Waals surface area contributed by atoms with Crippen LogP contribution < -0.4 is 0 Å². The van der Waals surface area contributed by atoms with E-state index in [1.807, 2.05) is 18.2 Å². The summed E-state index contributed by atoms with van der Waals surface area (Å²) >= 11 is 0. The van der Waals surface area contributed by atoms with Crippen LogP contribution in [0.3, 0.4) is 0 Å². The summed E-state index contributed by atoms with van der Waals surface area (Å²) in [5.41, 5.74) is 9.22. The van der Waals surface area contributed by atoms with Gasteiger partial charge < -0.3 is 4.42 Å². The third-order valence-electron chi connectivity index (χ3n) is 12.6. The minimum absolute atomic E-state index is 0.135. The quantitative estimate of drug-likeness (QED) is 0.176. The number of aromatic nitrogens is 1. The minimum Gasteiger partial charge on any atom is -0.455 e. The second-order valence-corrected chi connectivity index (χ2v) is 15.4. The second kappa shape index (κ2) is 10.2. The highest BCUT2D eigenvalue weighted by atomic mass is 16.3. The highest BCUT2D eigenvalue weighted by molar-refractivity contribution is 6.17. The molecule has 240 valence electrons. The third-order valence-corrected chi connectivity index (χ3v) is 12.6. The van der Waals surface area contributed by atoms with Crippen LogP contribution >= 0.6 is 0 Å². The molecule has 1 aliphatic carbocycles. The SMILES string of the molecule is [2H]C([2H])([2H])c1cnc(-c2cccc3c2oc2cc4c(ccc5ccccc54)cc23)cc1-c1ccc2c(c1)C(C)(C)C(C)(C)C(C)(C)c1ccccc1-2. The Kier molecular flexibility index (Phi) is 5.53. The second-order valence-electron chi connectivity index (χ2n) is 15.4. The van der Waals surface area contributed by atoms with Gasteiger partial charge in [0.1, 0.15) is 11.2 Å². The van der Waals surface area contributed by atoms with Gasteiger partial charge in [-0.05, 0) is 114 Å². The summed E-state index contributed by atoms with van der Waals surface area (Å²) < 4.78 is 32.4. The monoisotopic (exact) mass is 638 g/mol. The molecule has 0 radical (unpaired) electrons. The molecule has 0 N–H and O–H groups in total. The van der Waals surface area contributed by atoms with Crippen LogP contribution in [0.4, 0.5) is 0 Å². The fraction of sp³-hybridized carbons (Fsp3) is 0.213. The van der Waals surface area contributed by atoms with E-state index in [2.05, 4.69) is 139 Å². The van der Waals surface area contributed by atoms with E-state index in [4.69, 9.17) is 13.5 Å². The number of pyridine rings is 1. The van der Waals surface area contributed by atoms with Crippen molar-refractivity contribution >= 4 is 43.5 Å². The van der Waals surface area contributed by atoms with Gasteiger partial charge in [-0.25, -0.2) is 0 Å². The Hall–Kier alpha value is -5.21. The Morgan fingerprint density at radius 1 is 0.551 bits per heavy atom. The number of fused-ring (bicyclic) bond motifs is 9. The number of benzene rings is 6. The van der Waals surface area contributed by atoms with Crippen LogP contribution in [0.2, 0.25) is 0 Å². The van der Waals surface area contributed by atoms with Crippen LogP contribution in [-0.2, 0) is 10.8 Å². The first-order valence-corrected chi connectivity index (χ1v) is 17.2. The molecule has 49 heavy (non-hydrogen) atoms. The average Bonchev–Trinajstić information content (AvgIpc) is 3.49. The summed E-state index contributed by atoms with van der Waals surface area (Å²) in [5, 5.41) is 6.72. The van der Waals surface area contributed by atoms with Crippen LogP contribution in [0.5, 0.6) is 0 Å². The smallest absolute Gasteiger partial charge is 0.144 e. The molecular weight excluding hydrogens is 595 g/mol. The van der Waals surface area contributed by atoms with Crippen LogP contribution in [0.1, 0.15) is 62.3 Å². The van der Waals surface area contributed by atoms with E-state index in [1.165, 1.54) is 33.0 Å². The van der Waals surface area contributed by atoms with Crippen molar-refractivity contribution in [2.75, 3.05) is 0 Å². The van der Waals surface area contributed by atoms with Gasteiger partial charge >= 0.3 is 0 Å². The van der Waals surface area contributed by atoms with Crippen LogP contribution in [-0.4, -0.2) is 4.98 Å². The summed E-state index contributed by atoms with van der Waals surface area (Å²) in [6.07, 6.45) is 1.54. The first-order valence-electron chi connectivity index (χ1n) is 18.7. The van der Waals surface area contributed by atoms with Crippen LogP contribution in [0.25, 0.3) is 77.0 Å². The van der Waals surface area contributed by atoms with Gasteiger partial charge in [-0.1, -0.05) is 126 Å². The lowest BCUT2D eigenvalue weighted by atomic mass is 9.52. The minimum atomic E-state index is -2.36. The van der Waals surface area contributed by atoms with Gasteiger partial charge in [-0.15, -0.1) is 0 Å². The molecule has 0 atom stereocenters. The summed E-state index contributed by atoms with van der Waals surface area (Å²) in [6, 6.07) is 40.5. The molecule has 0 saturated carbocycles. The Balaban J connectivity index is 1.26. The van der Waals surface area contributed by atoms with Gasteiger partial charge in [0, 0.05) is 26.6 Å². The number of hydrogen-bond donors (Lipinski definition) is 0. The number of hydrogen-bond acceptors (Lipinski definition) is 2. The Bertz CT molecular complexity index is 2760. The van der Waals surface area contributed by atoms with Crippen molar-refractivity contribution in [3.8, 4) is 33.5 Å². The van der Waals surface area contributed by atoms with Gasteiger partial charge in [0.05, 0.1) is 5.69 Å².